The number of hydrogen-bond donors (Lipinski definition) is 1. The van der Waals surface area contributed by atoms with Crippen molar-refractivity contribution >= 4 is 16.8 Å². The predicted molar refractivity (Wildman–Crippen MR) is 90.8 cm³/mol. The molecule has 1 unspecified atom stereocenters. The fraction of sp³-hybridized carbons (Fsp3) is 0.706. The minimum absolute atomic E-state index is 0.292. The third-order valence-corrected chi connectivity index (χ3v) is 4.34. The lowest BCUT2D eigenvalue weighted by Crippen LogP contribution is -1.93. The molecule has 1 atom stereocenters. The van der Waals surface area contributed by atoms with Crippen LogP contribution < -0.4 is 0 Å². The van der Waals surface area contributed by atoms with Gasteiger partial charge in [0.05, 0.1) is 0 Å². The van der Waals surface area contributed by atoms with E-state index < -0.39 is 16.8 Å². The summed E-state index contributed by atoms with van der Waals surface area (Å²) in [6.07, 6.45) is 15.8. The van der Waals surface area contributed by atoms with Gasteiger partial charge in [0.25, 0.3) is 0 Å². The largest absolute Gasteiger partial charge is 0.481 e. The van der Waals surface area contributed by atoms with Gasteiger partial charge in [0.15, 0.2) is 0 Å². The zero-order chi connectivity index (χ0) is 15.8. The van der Waals surface area contributed by atoms with Crippen LogP contribution in [0.15, 0.2) is 23.6 Å². The predicted octanol–water partition coefficient (Wildman–Crippen LogP) is 4.81. The van der Waals surface area contributed by atoms with E-state index in [-0.39, 0.29) is 0 Å². The summed E-state index contributed by atoms with van der Waals surface area (Å²) in [6, 6.07) is 0. The summed E-state index contributed by atoms with van der Waals surface area (Å²) in [4.78, 5) is 10.3. The SMILES string of the molecule is CCCCCS(=O)C=CC=CCCCCCCCC(=O)O. The fourth-order valence-electron chi connectivity index (χ4n) is 1.94. The van der Waals surface area contributed by atoms with Crippen LogP contribution in [0.25, 0.3) is 0 Å². The Bertz CT molecular complexity index is 335. The van der Waals surface area contributed by atoms with Gasteiger partial charge in [-0.15, -0.1) is 0 Å². The maximum absolute atomic E-state index is 11.6. The van der Waals surface area contributed by atoms with Crippen LogP contribution in [0.1, 0.15) is 71.1 Å². The topological polar surface area (TPSA) is 54.4 Å². The summed E-state index contributed by atoms with van der Waals surface area (Å²) in [5.41, 5.74) is 0. The summed E-state index contributed by atoms with van der Waals surface area (Å²) in [5.74, 6) is 0.0749. The van der Waals surface area contributed by atoms with Gasteiger partial charge in [0.2, 0.25) is 0 Å². The molecule has 21 heavy (non-hydrogen) atoms. The number of unbranched alkanes of at least 4 members (excludes halogenated alkanes) is 7. The second kappa shape index (κ2) is 15.5. The number of carbonyl (C=O) groups is 1. The zero-order valence-corrected chi connectivity index (χ0v) is 14.1. The minimum atomic E-state index is -0.818. The first-order valence-corrected chi connectivity index (χ1v) is 9.47. The second-order valence-electron chi connectivity index (χ2n) is 5.25. The molecule has 0 saturated heterocycles. The first-order chi connectivity index (χ1) is 10.2. The van der Waals surface area contributed by atoms with E-state index in [2.05, 4.69) is 13.0 Å². The smallest absolute Gasteiger partial charge is 0.303 e. The molecular formula is C17H30O3S. The number of carboxylic acid groups (broad SMARTS) is 1. The number of carboxylic acids is 1. The fourth-order valence-corrected chi connectivity index (χ4v) is 2.83. The highest BCUT2D eigenvalue weighted by Crippen LogP contribution is 2.07. The van der Waals surface area contributed by atoms with E-state index >= 15 is 0 Å². The number of aliphatic carboxylic acids is 1. The van der Waals surface area contributed by atoms with Crippen LogP contribution in [0.2, 0.25) is 0 Å². The molecule has 0 bridgehead atoms. The average molecular weight is 314 g/mol. The molecule has 0 saturated carbocycles. The van der Waals surface area contributed by atoms with E-state index in [9.17, 15) is 9.00 Å². The van der Waals surface area contributed by atoms with Crippen LogP contribution in [-0.4, -0.2) is 21.0 Å². The lowest BCUT2D eigenvalue weighted by atomic mass is 10.1. The van der Waals surface area contributed by atoms with Gasteiger partial charge in [-0.05, 0) is 25.7 Å². The summed E-state index contributed by atoms with van der Waals surface area (Å²) in [5, 5.41) is 10.3. The third-order valence-electron chi connectivity index (χ3n) is 3.19. The minimum Gasteiger partial charge on any atom is -0.481 e. The van der Waals surface area contributed by atoms with E-state index in [1.807, 2.05) is 12.2 Å². The Balaban J connectivity index is 3.39. The maximum Gasteiger partial charge on any atom is 0.303 e. The van der Waals surface area contributed by atoms with Gasteiger partial charge in [-0.2, -0.15) is 0 Å². The van der Waals surface area contributed by atoms with Gasteiger partial charge in [0, 0.05) is 28.4 Å². The Morgan fingerprint density at radius 1 is 1.00 bits per heavy atom. The molecule has 0 aromatic rings. The zero-order valence-electron chi connectivity index (χ0n) is 13.3. The molecule has 0 spiro atoms. The highest BCUT2D eigenvalue weighted by atomic mass is 32.2. The van der Waals surface area contributed by atoms with Crippen molar-refractivity contribution < 1.29 is 14.1 Å². The van der Waals surface area contributed by atoms with Gasteiger partial charge in [-0.1, -0.05) is 57.3 Å². The van der Waals surface area contributed by atoms with Crippen molar-refractivity contribution in [2.75, 3.05) is 5.75 Å². The van der Waals surface area contributed by atoms with Crippen LogP contribution >= 0.6 is 0 Å². The monoisotopic (exact) mass is 314 g/mol. The van der Waals surface area contributed by atoms with E-state index in [0.29, 0.717) is 6.42 Å². The van der Waals surface area contributed by atoms with E-state index in [1.165, 1.54) is 0 Å². The van der Waals surface area contributed by atoms with Crippen molar-refractivity contribution in [2.24, 2.45) is 0 Å². The van der Waals surface area contributed by atoms with Crippen molar-refractivity contribution in [3.05, 3.63) is 23.6 Å². The number of rotatable bonds is 14. The Labute approximate surface area is 132 Å². The normalized spacial score (nSPS) is 13.2. The van der Waals surface area contributed by atoms with Crippen LogP contribution in [0.3, 0.4) is 0 Å². The van der Waals surface area contributed by atoms with Gasteiger partial charge in [-0.3, -0.25) is 9.00 Å². The van der Waals surface area contributed by atoms with Crippen molar-refractivity contribution in [1.82, 2.24) is 0 Å². The summed E-state index contributed by atoms with van der Waals surface area (Å²) in [7, 11) is -0.818. The standard InChI is InChI=1S/C17H30O3S/c1-2-3-12-15-21(20)16-13-10-8-6-4-5-7-9-11-14-17(18)19/h8,10,13,16H,2-7,9,11-12,14-15H2,1H3,(H,18,19). The molecule has 0 fully saturated rings. The summed E-state index contributed by atoms with van der Waals surface area (Å²) < 4.78 is 11.6. The number of allylic oxidation sites excluding steroid dienone is 3. The van der Waals surface area contributed by atoms with Crippen LogP contribution in [0, 0.1) is 0 Å². The molecular weight excluding hydrogens is 284 g/mol. The first-order valence-electron chi connectivity index (χ1n) is 8.09. The number of hydrogen-bond acceptors (Lipinski definition) is 2. The molecule has 0 radical (unpaired) electrons. The molecule has 0 rings (SSSR count). The van der Waals surface area contributed by atoms with Crippen LogP contribution in [0.5, 0.6) is 0 Å². The molecule has 4 heteroatoms. The van der Waals surface area contributed by atoms with Crippen LogP contribution in [-0.2, 0) is 15.6 Å². The second-order valence-corrected chi connectivity index (χ2v) is 6.69. The van der Waals surface area contributed by atoms with Crippen molar-refractivity contribution in [2.45, 2.75) is 71.1 Å². The highest BCUT2D eigenvalue weighted by molar-refractivity contribution is 7.87. The molecule has 122 valence electrons. The molecule has 1 N–H and O–H groups in total. The van der Waals surface area contributed by atoms with Crippen molar-refractivity contribution in [3.63, 3.8) is 0 Å². The van der Waals surface area contributed by atoms with E-state index in [4.69, 9.17) is 5.11 Å². The van der Waals surface area contributed by atoms with Crippen molar-refractivity contribution in [3.8, 4) is 0 Å². The molecule has 0 aliphatic carbocycles. The molecule has 0 aliphatic heterocycles. The molecule has 0 amide bonds. The lowest BCUT2D eigenvalue weighted by Gasteiger charge is -1.97. The summed E-state index contributed by atoms with van der Waals surface area (Å²) >= 11 is 0. The molecule has 0 aromatic carbocycles. The molecule has 3 nitrogen and oxygen atoms in total. The van der Waals surface area contributed by atoms with Crippen molar-refractivity contribution in [1.29, 1.82) is 0 Å². The Morgan fingerprint density at radius 2 is 1.71 bits per heavy atom. The Morgan fingerprint density at radius 3 is 2.43 bits per heavy atom. The van der Waals surface area contributed by atoms with Gasteiger partial charge in [0.1, 0.15) is 0 Å². The van der Waals surface area contributed by atoms with Gasteiger partial charge in [-0.25, -0.2) is 0 Å². The molecule has 0 aliphatic rings. The third kappa shape index (κ3) is 17.0. The van der Waals surface area contributed by atoms with E-state index in [0.717, 1.165) is 63.5 Å². The van der Waals surface area contributed by atoms with E-state index in [1.54, 1.807) is 5.41 Å². The average Bonchev–Trinajstić information content (AvgIpc) is 2.44. The Hall–Kier alpha value is -0.900. The summed E-state index contributed by atoms with van der Waals surface area (Å²) in [6.45, 7) is 2.15. The quantitative estimate of drug-likeness (QED) is 0.370. The Kier molecular flexibility index (Phi) is 14.8. The van der Waals surface area contributed by atoms with Gasteiger partial charge < -0.3 is 5.11 Å². The maximum atomic E-state index is 11.6. The molecule has 0 heterocycles. The molecule has 0 aromatic heterocycles. The van der Waals surface area contributed by atoms with Gasteiger partial charge >= 0.3 is 5.97 Å². The lowest BCUT2D eigenvalue weighted by molar-refractivity contribution is -0.137. The van der Waals surface area contributed by atoms with Crippen LogP contribution in [0.4, 0.5) is 0 Å². The first kappa shape index (κ1) is 20.1. The highest BCUT2D eigenvalue weighted by Gasteiger charge is 1.95.